The average molecular weight is 510 g/mol. The van der Waals surface area contributed by atoms with Crippen molar-refractivity contribution < 1.29 is 18.3 Å². The van der Waals surface area contributed by atoms with Crippen LogP contribution in [0.2, 0.25) is 0 Å². The van der Waals surface area contributed by atoms with E-state index in [4.69, 9.17) is 26.4 Å². The topological polar surface area (TPSA) is 158 Å². The maximum atomic E-state index is 15.7. The fourth-order valence-corrected chi connectivity index (χ4v) is 3.84. The minimum atomic E-state index is -0.819. The van der Waals surface area contributed by atoms with E-state index in [0.29, 0.717) is 5.56 Å². The zero-order valence-electron chi connectivity index (χ0n) is 19.9. The van der Waals surface area contributed by atoms with Gasteiger partial charge in [-0.25, -0.2) is 18.6 Å². The van der Waals surface area contributed by atoms with Crippen LogP contribution in [-0.4, -0.2) is 46.0 Å². The van der Waals surface area contributed by atoms with E-state index in [2.05, 4.69) is 15.1 Å². The third-order valence-corrected chi connectivity index (χ3v) is 5.63. The molecule has 0 aliphatic rings. The summed E-state index contributed by atoms with van der Waals surface area (Å²) in [5.74, 6) is -1.02. The smallest absolute Gasteiger partial charge is 0.349 e. The average Bonchev–Trinajstić information content (AvgIpc) is 3.28. The number of nitrogens with two attached hydrogens (primary N) is 2. The summed E-state index contributed by atoms with van der Waals surface area (Å²) in [6.45, 7) is -1.14. The van der Waals surface area contributed by atoms with Gasteiger partial charge in [-0.15, -0.1) is 5.10 Å². The molecule has 0 spiro atoms. The first-order chi connectivity index (χ1) is 17.8. The number of benzene rings is 2. The number of aromatic amines is 1. The molecule has 0 saturated carbocycles. The molecule has 6 N–H and O–H groups in total. The lowest BCUT2D eigenvalue weighted by Crippen LogP contribution is -2.17. The van der Waals surface area contributed by atoms with Crippen molar-refractivity contribution in [2.75, 3.05) is 26.1 Å². The Kier molecular flexibility index (Phi) is 7.47. The van der Waals surface area contributed by atoms with E-state index in [-0.39, 0.29) is 53.4 Å². The van der Waals surface area contributed by atoms with Gasteiger partial charge in [-0.3, -0.25) is 10.4 Å². The quantitative estimate of drug-likeness (QED) is 0.189. The number of aromatic nitrogens is 4. The predicted molar refractivity (Wildman–Crippen MR) is 134 cm³/mol. The fourth-order valence-electron chi connectivity index (χ4n) is 3.84. The van der Waals surface area contributed by atoms with Gasteiger partial charge in [-0.2, -0.15) is 4.68 Å². The Hall–Kier alpha value is -4.74. The largest absolute Gasteiger partial charge is 0.497 e. The summed E-state index contributed by atoms with van der Waals surface area (Å²) in [5.41, 5.74) is 12.1. The Balaban J connectivity index is 1.84. The van der Waals surface area contributed by atoms with Crippen LogP contribution in [0.15, 0.2) is 59.4 Å². The lowest BCUT2D eigenvalue weighted by Gasteiger charge is -2.19. The van der Waals surface area contributed by atoms with Crippen LogP contribution in [0.25, 0.3) is 5.82 Å². The molecule has 4 aromatic rings. The highest BCUT2D eigenvalue weighted by Gasteiger charge is 2.27. The minimum absolute atomic E-state index is 0.0886. The SMILES string of the molecule is COc1cc(OCCF)c(F)c(C(Cc2ccc(C(=N)N)cc2)c2nn(-c3cccc(N)n3)c(=O)[nH]2)c1. The highest BCUT2D eigenvalue weighted by Crippen LogP contribution is 2.36. The number of methoxy groups -OCH3 is 1. The van der Waals surface area contributed by atoms with E-state index >= 15 is 4.39 Å². The molecule has 37 heavy (non-hydrogen) atoms. The maximum absolute atomic E-state index is 15.7. The fraction of sp³-hybridized carbons (Fsp3) is 0.200. The summed E-state index contributed by atoms with van der Waals surface area (Å²) < 4.78 is 40.1. The van der Waals surface area contributed by atoms with Gasteiger partial charge in [-0.1, -0.05) is 30.3 Å². The number of pyridine rings is 1. The van der Waals surface area contributed by atoms with Crippen molar-refractivity contribution in [1.29, 1.82) is 5.41 Å². The molecule has 1 unspecified atom stereocenters. The van der Waals surface area contributed by atoms with Gasteiger partial charge < -0.3 is 20.9 Å². The molecule has 0 radical (unpaired) electrons. The Morgan fingerprint density at radius 1 is 1.22 bits per heavy atom. The molecule has 2 aromatic heterocycles. The van der Waals surface area contributed by atoms with Crippen LogP contribution in [0.1, 0.15) is 28.4 Å². The van der Waals surface area contributed by atoms with E-state index in [1.807, 2.05) is 0 Å². The summed E-state index contributed by atoms with van der Waals surface area (Å²) >= 11 is 0. The van der Waals surface area contributed by atoms with Gasteiger partial charge in [0, 0.05) is 17.2 Å². The molecule has 2 aromatic carbocycles. The van der Waals surface area contributed by atoms with Gasteiger partial charge in [0.15, 0.2) is 17.4 Å². The molecule has 0 saturated heterocycles. The zero-order valence-corrected chi connectivity index (χ0v) is 19.9. The van der Waals surface area contributed by atoms with Crippen LogP contribution in [-0.2, 0) is 6.42 Å². The minimum Gasteiger partial charge on any atom is -0.497 e. The van der Waals surface area contributed by atoms with Crippen molar-refractivity contribution in [3.63, 3.8) is 0 Å². The number of H-pyrrole nitrogens is 1. The normalized spacial score (nSPS) is 11.8. The van der Waals surface area contributed by atoms with Crippen molar-refractivity contribution in [3.8, 4) is 17.3 Å². The van der Waals surface area contributed by atoms with Crippen LogP contribution in [0.3, 0.4) is 0 Å². The molecule has 4 rings (SSSR count). The summed E-state index contributed by atoms with van der Waals surface area (Å²) in [5, 5.41) is 12.0. The molecule has 0 fully saturated rings. The van der Waals surface area contributed by atoms with Crippen LogP contribution in [0, 0.1) is 11.2 Å². The number of ether oxygens (including phenoxy) is 2. The summed E-state index contributed by atoms with van der Waals surface area (Å²) in [7, 11) is 1.41. The monoisotopic (exact) mass is 509 g/mol. The lowest BCUT2D eigenvalue weighted by atomic mass is 9.90. The molecular formula is C25H25F2N7O3. The molecule has 0 amide bonds. The van der Waals surface area contributed by atoms with Crippen molar-refractivity contribution in [3.05, 3.63) is 93.4 Å². The molecule has 0 aliphatic heterocycles. The van der Waals surface area contributed by atoms with Crippen LogP contribution < -0.4 is 26.6 Å². The van der Waals surface area contributed by atoms with Gasteiger partial charge in [0.1, 0.15) is 36.5 Å². The zero-order chi connectivity index (χ0) is 26.5. The highest BCUT2D eigenvalue weighted by atomic mass is 19.1. The molecule has 192 valence electrons. The van der Waals surface area contributed by atoms with E-state index in [1.165, 1.54) is 19.2 Å². The Bertz CT molecular complexity index is 1470. The molecule has 0 aliphatic carbocycles. The number of hydrogen-bond donors (Lipinski definition) is 4. The van der Waals surface area contributed by atoms with Crippen molar-refractivity contribution in [2.24, 2.45) is 5.73 Å². The number of rotatable bonds is 10. The number of nitrogens with zero attached hydrogens (tertiary/aromatic N) is 3. The lowest BCUT2D eigenvalue weighted by molar-refractivity contribution is 0.260. The highest BCUT2D eigenvalue weighted by molar-refractivity contribution is 5.94. The first-order valence-electron chi connectivity index (χ1n) is 11.2. The second-order valence-corrected chi connectivity index (χ2v) is 8.08. The van der Waals surface area contributed by atoms with Gasteiger partial charge >= 0.3 is 5.69 Å². The molecule has 2 heterocycles. The van der Waals surface area contributed by atoms with Gasteiger partial charge in [-0.05, 0) is 30.2 Å². The Labute approximate surface area is 210 Å². The maximum Gasteiger partial charge on any atom is 0.349 e. The van der Waals surface area contributed by atoms with E-state index < -0.39 is 24.1 Å². The standard InChI is InChI=1S/C25H25F2N7O3/c1-36-16-12-17(22(27)19(13-16)37-10-9-26)18(11-14-5-7-15(8-6-14)23(29)30)24-32-25(35)34(33-24)21-4-2-3-20(28)31-21/h2-8,12-13,18H,9-11H2,1H3,(H2,28,31)(H3,29,30)(H,32,33,35). The number of nitrogen functional groups attached to an aromatic ring is 2. The van der Waals surface area contributed by atoms with Crippen molar-refractivity contribution >= 4 is 11.7 Å². The summed E-state index contributed by atoms with van der Waals surface area (Å²) in [6.07, 6.45) is 0.197. The van der Waals surface area contributed by atoms with Crippen LogP contribution in [0.4, 0.5) is 14.6 Å². The van der Waals surface area contributed by atoms with Gasteiger partial charge in [0.05, 0.1) is 13.0 Å². The first-order valence-corrected chi connectivity index (χ1v) is 11.2. The number of halogens is 2. The summed E-state index contributed by atoms with van der Waals surface area (Å²) in [6, 6.07) is 14.4. The van der Waals surface area contributed by atoms with Gasteiger partial charge in [0.25, 0.3) is 0 Å². The van der Waals surface area contributed by atoms with Gasteiger partial charge in [0.2, 0.25) is 0 Å². The second kappa shape index (κ2) is 10.9. The summed E-state index contributed by atoms with van der Waals surface area (Å²) in [4.78, 5) is 19.6. The molecule has 0 bridgehead atoms. The Morgan fingerprint density at radius 3 is 2.62 bits per heavy atom. The Morgan fingerprint density at radius 2 is 1.97 bits per heavy atom. The molecular weight excluding hydrogens is 484 g/mol. The molecule has 12 heteroatoms. The number of hydrogen-bond acceptors (Lipinski definition) is 7. The number of amidine groups is 1. The third kappa shape index (κ3) is 5.58. The van der Waals surface area contributed by atoms with E-state index in [9.17, 15) is 9.18 Å². The molecule has 1 atom stereocenters. The van der Waals surface area contributed by atoms with Crippen LogP contribution >= 0.6 is 0 Å². The second-order valence-electron chi connectivity index (χ2n) is 8.08. The van der Waals surface area contributed by atoms with Crippen molar-refractivity contribution in [1.82, 2.24) is 19.7 Å². The van der Waals surface area contributed by atoms with Crippen LogP contribution in [0.5, 0.6) is 11.5 Å². The number of nitrogens with one attached hydrogen (secondary N) is 2. The number of alkyl halides is 1. The van der Waals surface area contributed by atoms with E-state index in [0.717, 1.165) is 10.2 Å². The third-order valence-electron chi connectivity index (χ3n) is 5.63. The van der Waals surface area contributed by atoms with E-state index in [1.54, 1.807) is 42.5 Å². The number of anilines is 1. The van der Waals surface area contributed by atoms with Crippen molar-refractivity contribution in [2.45, 2.75) is 12.3 Å². The first kappa shape index (κ1) is 25.4. The molecule has 10 nitrogen and oxygen atoms in total. The predicted octanol–water partition coefficient (Wildman–Crippen LogP) is 2.69.